The Kier molecular flexibility index (Phi) is 32.5. The molecule has 0 heterocycles. The van der Waals surface area contributed by atoms with Crippen molar-refractivity contribution in [1.82, 2.24) is 0 Å². The van der Waals surface area contributed by atoms with Gasteiger partial charge in [0, 0.05) is 0 Å². The first-order valence-electron chi connectivity index (χ1n) is 59.0. The molecule has 0 nitrogen and oxygen atoms in total. The van der Waals surface area contributed by atoms with Crippen LogP contribution >= 0.6 is 0 Å². The molecule has 0 amide bonds. The van der Waals surface area contributed by atoms with E-state index in [1.165, 1.54) is 233 Å². The van der Waals surface area contributed by atoms with Gasteiger partial charge in [0.05, 0.1) is 0 Å². The first-order chi connectivity index (χ1) is 59.0. The van der Waals surface area contributed by atoms with E-state index in [1.807, 2.05) is 0 Å². The van der Waals surface area contributed by atoms with Crippen LogP contribution in [0, 0.1) is 278 Å². The van der Waals surface area contributed by atoms with Crippen LogP contribution in [0.4, 0.5) is 0 Å². The van der Waals surface area contributed by atoms with Crippen molar-refractivity contribution in [3.05, 3.63) is 0 Å². The van der Waals surface area contributed by atoms with Crippen molar-refractivity contribution in [3.63, 3.8) is 0 Å². The van der Waals surface area contributed by atoms with E-state index in [1.54, 1.807) is 276 Å². The van der Waals surface area contributed by atoms with E-state index in [9.17, 15) is 0 Å². The largest absolute Gasteiger partial charge is 0.0625 e. The molecule has 32 rings (SSSR count). The second kappa shape index (κ2) is 42.3. The van der Waals surface area contributed by atoms with E-state index >= 15 is 0 Å². The molecule has 0 radical (unpaired) electrons. The SMILES string of the molecule is CC1C2CC12.CC1C2CCC12.CC1C2CCCC12.CC1C2CCCCC12.CC1CC12CC2.CC1CC2CC12.CC1CC2CC2C1.CC1CC2CCC2C1.CC1CC2CCCCC12.CC1CC2CCCCC2C1.CC1CCC2CC12.CC1CCC2CC2C1.CC1CCC2CCC12.CC1CCC2CCC2C1.CC1CCC2CCCCC12.CC1CCCC2CC12. The van der Waals surface area contributed by atoms with Crippen molar-refractivity contribution in [3.8, 4) is 0 Å². The second-order valence-electron chi connectivity index (χ2n) is 55.2. The van der Waals surface area contributed by atoms with Gasteiger partial charge in [-0.05, 0) is 522 Å². The fourth-order valence-electron chi connectivity index (χ4n) is 34.8. The van der Waals surface area contributed by atoms with Gasteiger partial charge >= 0.3 is 0 Å². The van der Waals surface area contributed by atoms with Gasteiger partial charge in [-0.15, -0.1) is 0 Å². The lowest BCUT2D eigenvalue weighted by Crippen LogP contribution is -2.36. The minimum atomic E-state index is 0.958. The Morgan fingerprint density at radius 3 is 0.680 bits per heavy atom. The van der Waals surface area contributed by atoms with Gasteiger partial charge in [-0.2, -0.15) is 0 Å². The molecule has 0 aromatic rings. The average molecular weight is 1680 g/mol. The zero-order valence-electron chi connectivity index (χ0n) is 84.8. The Morgan fingerprint density at radius 2 is 0.402 bits per heavy atom. The van der Waals surface area contributed by atoms with E-state index in [-0.39, 0.29) is 0 Å². The second-order valence-corrected chi connectivity index (χ2v) is 55.2. The van der Waals surface area contributed by atoms with Crippen LogP contribution in [-0.4, -0.2) is 0 Å². The molecule has 32 saturated carbocycles. The van der Waals surface area contributed by atoms with Crippen LogP contribution in [0.25, 0.3) is 0 Å². The van der Waals surface area contributed by atoms with Gasteiger partial charge in [-0.3, -0.25) is 0 Å². The fourth-order valence-corrected chi connectivity index (χ4v) is 34.8. The van der Waals surface area contributed by atoms with Gasteiger partial charge in [0.25, 0.3) is 0 Å². The molecule has 0 aromatic carbocycles. The fraction of sp³-hybridized carbons (Fsp3) is 1.00. The maximum absolute atomic E-state index is 2.45. The molecule has 0 heteroatoms. The highest BCUT2D eigenvalue weighted by Gasteiger charge is 2.61. The van der Waals surface area contributed by atoms with Gasteiger partial charge in [-0.25, -0.2) is 0 Å². The molecule has 39 atom stereocenters. The molecule has 700 valence electrons. The lowest BCUT2D eigenvalue weighted by atomic mass is 9.59. The quantitative estimate of drug-likeness (QED) is 0.227. The molecule has 1 spiro atoms. The van der Waals surface area contributed by atoms with E-state index < -0.39 is 0 Å². The Hall–Kier alpha value is 0. The van der Waals surface area contributed by atoms with Crippen molar-refractivity contribution in [2.24, 2.45) is 278 Å². The van der Waals surface area contributed by atoms with Crippen LogP contribution in [0.15, 0.2) is 0 Å². The summed E-state index contributed by atoms with van der Waals surface area (Å²) in [4.78, 5) is 0. The molecule has 122 heavy (non-hydrogen) atoms. The van der Waals surface area contributed by atoms with Crippen LogP contribution in [-0.2, 0) is 0 Å². The summed E-state index contributed by atoms with van der Waals surface area (Å²) < 4.78 is 0. The molecule has 32 aliphatic rings. The van der Waals surface area contributed by atoms with Gasteiger partial charge in [0.1, 0.15) is 0 Å². The van der Waals surface area contributed by atoms with Gasteiger partial charge in [0.2, 0.25) is 0 Å². The Balaban J connectivity index is 0.0000000927. The summed E-state index contributed by atoms with van der Waals surface area (Å²) in [6, 6.07) is 0. The lowest BCUT2D eigenvalue weighted by molar-refractivity contribution is 0.0421. The Morgan fingerprint density at radius 1 is 0.139 bits per heavy atom. The topological polar surface area (TPSA) is 0 Å². The molecule has 0 aliphatic heterocycles. The standard InChI is InChI=1S/2C10H18.2C9H16.5C8H14.3C7H12.3C6H10.C5H8/c1-8-6-9-4-2-3-5-10(9)7-8;1-8-6-7-9-4-2-3-5-10(8)9;1-7-2-3-8-4-5-9(8)6-7;1-7-6-8-4-2-3-5-9(7)8;1-6-4-7-2-3-8(7)5-6;1-6-2-3-7-5-8(7)4-6;1-6-2-3-7-4-5-8(6)7;1-6-3-2-4-7-5-8(6)7;1-6-7-4-2-3-5-8(6)7;1-5-2-6-4-7(6)3-5;1-5-2-3-6-4-7(5)6;1-5-6-3-2-4-7(5)6;1-4-2-5-3-6(4)5;1-5-4-6(5)2-3-6;1-4-5-2-3-6(4)5;1-3-4-2-5(3)4/h2*8-10H,2-7H2,1H3;2*7-9H,2-6H2,1H3;5*6-8H,2-5H2,1H3;3*5-7H,2-4H2,1H3;4-6H,2-3H2,1H3;5H,2-4H2,1H3;4-6H,2-3H2,1H3;3-5H,2H2,1H3. The highest BCUT2D eigenvalue weighted by molar-refractivity contribution is 5.11. The molecule has 0 saturated heterocycles. The highest BCUT2D eigenvalue weighted by atomic mass is 14.7. The molecular formula is C122H212. The third-order valence-corrected chi connectivity index (χ3v) is 46.5. The van der Waals surface area contributed by atoms with E-state index in [0.29, 0.717) is 0 Å². The normalized spacial score (nSPS) is 53.5. The Labute approximate surface area is 762 Å². The van der Waals surface area contributed by atoms with Gasteiger partial charge < -0.3 is 0 Å². The Bertz CT molecular complexity index is 2980. The minimum Gasteiger partial charge on any atom is -0.0625 e. The predicted molar refractivity (Wildman–Crippen MR) is 526 cm³/mol. The summed E-state index contributed by atoms with van der Waals surface area (Å²) in [5.41, 5.74) is 0.958. The monoisotopic (exact) mass is 1680 g/mol. The van der Waals surface area contributed by atoms with Crippen molar-refractivity contribution < 1.29 is 0 Å². The summed E-state index contributed by atoms with van der Waals surface area (Å²) in [5, 5.41) is 0. The van der Waals surface area contributed by atoms with E-state index in [4.69, 9.17) is 0 Å². The summed E-state index contributed by atoms with van der Waals surface area (Å²) >= 11 is 0. The smallest absolute Gasteiger partial charge is 0.0268 e. The van der Waals surface area contributed by atoms with Crippen molar-refractivity contribution in [1.29, 1.82) is 0 Å². The maximum Gasteiger partial charge on any atom is -0.0268 e. The molecular weight excluding hydrogens is 1470 g/mol. The molecule has 0 N–H and O–H groups in total. The van der Waals surface area contributed by atoms with Gasteiger partial charge in [-0.1, -0.05) is 246 Å². The van der Waals surface area contributed by atoms with Gasteiger partial charge in [0.15, 0.2) is 0 Å². The van der Waals surface area contributed by atoms with Crippen molar-refractivity contribution in [2.45, 2.75) is 490 Å². The maximum atomic E-state index is 2.45. The zero-order valence-corrected chi connectivity index (χ0v) is 84.8. The number of rotatable bonds is 0. The number of hydrogen-bond acceptors (Lipinski definition) is 0. The first kappa shape index (κ1) is 93.8. The third-order valence-electron chi connectivity index (χ3n) is 46.5. The molecule has 32 fully saturated rings. The summed E-state index contributed by atoms with van der Waals surface area (Å²) in [6.45, 7) is 38.4. The third kappa shape index (κ3) is 25.3. The summed E-state index contributed by atoms with van der Waals surface area (Å²) in [5.74, 6) is 52.7. The lowest BCUT2D eigenvalue weighted by Gasteiger charge is -2.46. The first-order valence-corrected chi connectivity index (χ1v) is 59.0. The van der Waals surface area contributed by atoms with Crippen molar-refractivity contribution >= 4 is 0 Å². The van der Waals surface area contributed by atoms with Crippen LogP contribution in [0.5, 0.6) is 0 Å². The van der Waals surface area contributed by atoms with E-state index in [2.05, 4.69) is 111 Å². The number of fused-ring (bicyclic) bond motifs is 15. The zero-order chi connectivity index (χ0) is 84.8. The van der Waals surface area contributed by atoms with E-state index in [0.717, 1.165) is 147 Å². The molecule has 0 bridgehead atoms. The average Bonchev–Trinajstić information content (AvgIpc) is 1.55. The molecule has 32 aliphatic carbocycles. The van der Waals surface area contributed by atoms with Crippen LogP contribution in [0.1, 0.15) is 490 Å². The minimum absolute atomic E-state index is 0.958. The summed E-state index contributed by atoms with van der Waals surface area (Å²) in [6.07, 6.45) is 91.0. The predicted octanol–water partition coefficient (Wildman–Crippen LogP) is 36.9. The number of hydrogen-bond donors (Lipinski definition) is 0. The van der Waals surface area contributed by atoms with Crippen molar-refractivity contribution in [2.75, 3.05) is 0 Å². The van der Waals surface area contributed by atoms with Crippen LogP contribution in [0.2, 0.25) is 0 Å². The van der Waals surface area contributed by atoms with Crippen LogP contribution in [0.3, 0.4) is 0 Å². The van der Waals surface area contributed by atoms with Crippen LogP contribution < -0.4 is 0 Å². The molecule has 0 aromatic heterocycles. The molecule has 39 unspecified atom stereocenters. The highest BCUT2D eigenvalue weighted by Crippen LogP contribution is 2.71. The summed E-state index contributed by atoms with van der Waals surface area (Å²) in [7, 11) is 0.